The van der Waals surface area contributed by atoms with Crippen molar-refractivity contribution < 1.29 is 9.50 Å². The van der Waals surface area contributed by atoms with E-state index in [4.69, 9.17) is 0 Å². The van der Waals surface area contributed by atoms with Crippen LogP contribution in [0.25, 0.3) is 0 Å². The molecular weight excluding hydrogens is 181 g/mol. The lowest BCUT2D eigenvalue weighted by molar-refractivity contribution is 0.178. The molecule has 1 unspecified atom stereocenters. The van der Waals surface area contributed by atoms with Crippen LogP contribution in [0.4, 0.5) is 4.39 Å². The first kappa shape index (κ1) is 9.62. The van der Waals surface area contributed by atoms with Crippen molar-refractivity contribution in [3.05, 3.63) is 35.6 Å². The van der Waals surface area contributed by atoms with Gasteiger partial charge in [0.2, 0.25) is 0 Å². The number of hydrogen-bond donors (Lipinski definition) is 2. The maximum Gasteiger partial charge on any atom is 0.123 e. The zero-order valence-corrected chi connectivity index (χ0v) is 7.96. The Morgan fingerprint density at radius 1 is 1.50 bits per heavy atom. The molecular formula is C11H14FNO. The van der Waals surface area contributed by atoms with E-state index in [-0.39, 0.29) is 12.4 Å². The molecule has 14 heavy (non-hydrogen) atoms. The SMILES string of the molecule is OCC1(c2cccc(F)c2)CCCN1. The molecule has 0 amide bonds. The molecule has 1 atom stereocenters. The van der Waals surface area contributed by atoms with Gasteiger partial charge in [0, 0.05) is 0 Å². The number of nitrogens with one attached hydrogen (secondary N) is 1. The Hall–Kier alpha value is -0.930. The van der Waals surface area contributed by atoms with Crippen molar-refractivity contribution in [2.24, 2.45) is 0 Å². The Morgan fingerprint density at radius 2 is 2.36 bits per heavy atom. The first-order valence-corrected chi connectivity index (χ1v) is 4.89. The zero-order valence-electron chi connectivity index (χ0n) is 7.96. The molecule has 1 aromatic carbocycles. The van der Waals surface area contributed by atoms with Gasteiger partial charge in [0.05, 0.1) is 12.1 Å². The van der Waals surface area contributed by atoms with Crippen molar-refractivity contribution in [3.8, 4) is 0 Å². The van der Waals surface area contributed by atoms with Gasteiger partial charge >= 0.3 is 0 Å². The third-order valence-electron chi connectivity index (χ3n) is 2.89. The average molecular weight is 195 g/mol. The fourth-order valence-corrected chi connectivity index (χ4v) is 2.07. The van der Waals surface area contributed by atoms with Gasteiger partial charge in [-0.2, -0.15) is 0 Å². The van der Waals surface area contributed by atoms with Gasteiger partial charge in [-0.3, -0.25) is 0 Å². The van der Waals surface area contributed by atoms with Crippen LogP contribution in [0.15, 0.2) is 24.3 Å². The minimum absolute atomic E-state index is 0.0243. The zero-order chi connectivity index (χ0) is 10.0. The van der Waals surface area contributed by atoms with E-state index in [9.17, 15) is 9.50 Å². The molecule has 2 N–H and O–H groups in total. The van der Waals surface area contributed by atoms with Crippen molar-refractivity contribution >= 4 is 0 Å². The molecule has 0 aromatic heterocycles. The number of hydrogen-bond acceptors (Lipinski definition) is 2. The maximum absolute atomic E-state index is 13.0. The molecule has 0 bridgehead atoms. The van der Waals surface area contributed by atoms with E-state index in [0.29, 0.717) is 0 Å². The fourth-order valence-electron chi connectivity index (χ4n) is 2.07. The molecule has 0 saturated carbocycles. The monoisotopic (exact) mass is 195 g/mol. The number of benzene rings is 1. The van der Waals surface area contributed by atoms with Gasteiger partial charge in [-0.15, -0.1) is 0 Å². The van der Waals surface area contributed by atoms with Crippen molar-refractivity contribution in [3.63, 3.8) is 0 Å². The van der Waals surface area contributed by atoms with E-state index in [2.05, 4.69) is 5.32 Å². The molecule has 1 saturated heterocycles. The lowest BCUT2D eigenvalue weighted by Crippen LogP contribution is -2.40. The Kier molecular flexibility index (Phi) is 2.52. The molecule has 2 rings (SSSR count). The predicted octanol–water partition coefficient (Wildman–Crippen LogP) is 1.40. The molecule has 2 nitrogen and oxygen atoms in total. The summed E-state index contributed by atoms with van der Waals surface area (Å²) in [6.45, 7) is 0.910. The number of halogens is 1. The Bertz CT molecular complexity index is 321. The van der Waals surface area contributed by atoms with Crippen LogP contribution in [0.3, 0.4) is 0 Å². The van der Waals surface area contributed by atoms with Crippen LogP contribution in [0.2, 0.25) is 0 Å². The second-order valence-corrected chi connectivity index (χ2v) is 3.78. The first-order valence-electron chi connectivity index (χ1n) is 4.89. The third kappa shape index (κ3) is 1.53. The topological polar surface area (TPSA) is 32.3 Å². The van der Waals surface area contributed by atoms with Gasteiger partial charge in [0.15, 0.2) is 0 Å². The van der Waals surface area contributed by atoms with Gasteiger partial charge in [-0.1, -0.05) is 12.1 Å². The van der Waals surface area contributed by atoms with Crippen molar-refractivity contribution in [2.75, 3.05) is 13.2 Å². The predicted molar refractivity (Wildman–Crippen MR) is 52.4 cm³/mol. The molecule has 0 aliphatic carbocycles. The molecule has 76 valence electrons. The number of aliphatic hydroxyl groups excluding tert-OH is 1. The van der Waals surface area contributed by atoms with Crippen molar-refractivity contribution in [1.29, 1.82) is 0 Å². The molecule has 3 heteroatoms. The quantitative estimate of drug-likeness (QED) is 0.747. The van der Waals surface area contributed by atoms with E-state index >= 15 is 0 Å². The van der Waals surface area contributed by atoms with Crippen LogP contribution in [0.1, 0.15) is 18.4 Å². The first-order chi connectivity index (χ1) is 6.77. The molecule has 1 aromatic rings. The highest BCUT2D eigenvalue weighted by atomic mass is 19.1. The second kappa shape index (κ2) is 3.67. The van der Waals surface area contributed by atoms with Crippen molar-refractivity contribution in [1.82, 2.24) is 5.32 Å². The van der Waals surface area contributed by atoms with Gasteiger partial charge < -0.3 is 10.4 Å². The van der Waals surface area contributed by atoms with Gasteiger partial charge in [0.25, 0.3) is 0 Å². The lowest BCUT2D eigenvalue weighted by atomic mass is 9.89. The van der Waals surface area contributed by atoms with Crippen LogP contribution < -0.4 is 5.32 Å². The van der Waals surface area contributed by atoms with Crippen LogP contribution in [0, 0.1) is 5.82 Å². The summed E-state index contributed by atoms with van der Waals surface area (Å²) in [6, 6.07) is 6.46. The molecule has 1 aliphatic heterocycles. The number of rotatable bonds is 2. The summed E-state index contributed by atoms with van der Waals surface area (Å²) in [5, 5.41) is 12.6. The highest BCUT2D eigenvalue weighted by Crippen LogP contribution is 2.30. The van der Waals surface area contributed by atoms with E-state index < -0.39 is 5.54 Å². The third-order valence-corrected chi connectivity index (χ3v) is 2.89. The highest BCUT2D eigenvalue weighted by Gasteiger charge is 2.34. The summed E-state index contributed by atoms with van der Waals surface area (Å²) in [4.78, 5) is 0. The minimum Gasteiger partial charge on any atom is -0.394 e. The summed E-state index contributed by atoms with van der Waals surface area (Å²) < 4.78 is 13.0. The second-order valence-electron chi connectivity index (χ2n) is 3.78. The van der Waals surface area contributed by atoms with Crippen LogP contribution >= 0.6 is 0 Å². The van der Waals surface area contributed by atoms with Gasteiger partial charge in [-0.25, -0.2) is 4.39 Å². The highest BCUT2D eigenvalue weighted by molar-refractivity contribution is 5.26. The summed E-state index contributed by atoms with van der Waals surface area (Å²) in [5.41, 5.74) is 0.430. The average Bonchev–Trinajstić information content (AvgIpc) is 2.67. The van der Waals surface area contributed by atoms with E-state index in [0.717, 1.165) is 24.9 Å². The molecule has 1 heterocycles. The molecule has 0 spiro atoms. The molecule has 1 fully saturated rings. The van der Waals surface area contributed by atoms with Crippen LogP contribution in [0.5, 0.6) is 0 Å². The molecule has 1 aliphatic rings. The van der Waals surface area contributed by atoms with Crippen LogP contribution in [-0.4, -0.2) is 18.3 Å². The van der Waals surface area contributed by atoms with Crippen LogP contribution in [-0.2, 0) is 5.54 Å². The number of aliphatic hydroxyl groups is 1. The van der Waals surface area contributed by atoms with Crippen molar-refractivity contribution in [2.45, 2.75) is 18.4 Å². The van der Waals surface area contributed by atoms with E-state index in [1.54, 1.807) is 6.07 Å². The van der Waals surface area contributed by atoms with E-state index in [1.165, 1.54) is 12.1 Å². The van der Waals surface area contributed by atoms with Gasteiger partial charge in [-0.05, 0) is 37.1 Å². The molecule has 0 radical (unpaired) electrons. The summed E-state index contributed by atoms with van der Waals surface area (Å²) in [5.74, 6) is -0.246. The summed E-state index contributed by atoms with van der Waals surface area (Å²) >= 11 is 0. The minimum atomic E-state index is -0.415. The Balaban J connectivity index is 2.35. The lowest BCUT2D eigenvalue weighted by Gasteiger charge is -2.27. The summed E-state index contributed by atoms with van der Waals surface area (Å²) in [7, 11) is 0. The Morgan fingerprint density at radius 3 is 2.93 bits per heavy atom. The normalized spacial score (nSPS) is 26.7. The van der Waals surface area contributed by atoms with Gasteiger partial charge in [0.1, 0.15) is 5.82 Å². The van der Waals surface area contributed by atoms with E-state index in [1.807, 2.05) is 6.07 Å². The fraction of sp³-hybridized carbons (Fsp3) is 0.455. The standard InChI is InChI=1S/C11H14FNO/c12-10-4-1-3-9(7-10)11(8-14)5-2-6-13-11/h1,3-4,7,13-14H,2,5-6,8H2. The smallest absolute Gasteiger partial charge is 0.123 e. The maximum atomic E-state index is 13.0. The summed E-state index contributed by atoms with van der Waals surface area (Å²) in [6.07, 6.45) is 1.89. The Labute approximate surface area is 82.8 Å². The largest absolute Gasteiger partial charge is 0.394 e.